The number of urea groups is 1. The minimum absolute atomic E-state index is 0.111. The van der Waals surface area contributed by atoms with E-state index in [1.165, 1.54) is 4.90 Å². The Hall–Kier alpha value is -3.15. The number of rotatable bonds is 5. The van der Waals surface area contributed by atoms with Crippen LogP contribution in [0.15, 0.2) is 0 Å². The molecule has 1 aliphatic heterocycles. The van der Waals surface area contributed by atoms with E-state index in [1.54, 1.807) is 46.4 Å². The fraction of sp³-hybridized carbons (Fsp3) is 0.652. The third-order valence-electron chi connectivity index (χ3n) is 5.09. The van der Waals surface area contributed by atoms with Gasteiger partial charge in [0.2, 0.25) is 0 Å². The first-order chi connectivity index (χ1) is 16.6. The number of amides is 4. The Morgan fingerprint density at radius 2 is 1.56 bits per heavy atom. The van der Waals surface area contributed by atoms with E-state index in [2.05, 4.69) is 9.97 Å². The molecule has 12 nitrogen and oxygen atoms in total. The quantitative estimate of drug-likeness (QED) is 0.408. The Balaban J connectivity index is 2.11. The van der Waals surface area contributed by atoms with Crippen molar-refractivity contribution in [3.05, 3.63) is 10.8 Å². The number of carbonyl (C=O) groups is 4. The summed E-state index contributed by atoms with van der Waals surface area (Å²) in [7, 11) is 1.10. The first-order valence-electron chi connectivity index (χ1n) is 11.6. The highest BCUT2D eigenvalue weighted by molar-refractivity contribution is 6.32. The highest BCUT2D eigenvalue weighted by Gasteiger charge is 2.41. The van der Waals surface area contributed by atoms with Crippen LogP contribution in [0.2, 0.25) is 5.15 Å². The predicted octanol–water partition coefficient (Wildman–Crippen LogP) is 4.25. The van der Waals surface area contributed by atoms with Crippen LogP contribution < -0.4 is 9.80 Å². The molecule has 3 rings (SSSR count). The van der Waals surface area contributed by atoms with Gasteiger partial charge in [-0.25, -0.2) is 29.1 Å². The molecular weight excluding hydrogens is 494 g/mol. The number of carbonyl (C=O) groups excluding carboxylic acids is 4. The number of methoxy groups -OCH3 is 1. The molecule has 0 aromatic carbocycles. The highest BCUT2D eigenvalue weighted by Crippen LogP contribution is 2.34. The molecule has 1 aromatic heterocycles. The van der Waals surface area contributed by atoms with Crippen molar-refractivity contribution in [1.29, 1.82) is 0 Å². The topological polar surface area (TPSA) is 131 Å². The summed E-state index contributed by atoms with van der Waals surface area (Å²) in [5.41, 5.74) is -2.52. The summed E-state index contributed by atoms with van der Waals surface area (Å²) in [6, 6.07) is -0.337. The van der Waals surface area contributed by atoms with Gasteiger partial charge >= 0.3 is 24.2 Å². The number of nitrogens with zero attached hydrogens (tertiary/aromatic N) is 5. The summed E-state index contributed by atoms with van der Waals surface area (Å²) in [4.78, 5) is 63.8. The van der Waals surface area contributed by atoms with Crippen molar-refractivity contribution in [2.24, 2.45) is 5.92 Å². The predicted molar refractivity (Wildman–Crippen MR) is 130 cm³/mol. The smallest absolute Gasteiger partial charge is 0.425 e. The van der Waals surface area contributed by atoms with Gasteiger partial charge in [0.15, 0.2) is 22.5 Å². The normalized spacial score (nSPS) is 16.2. The van der Waals surface area contributed by atoms with Crippen molar-refractivity contribution >= 4 is 47.4 Å². The molecule has 0 spiro atoms. The summed E-state index contributed by atoms with van der Waals surface area (Å²) in [5.74, 6) is -1.17. The minimum atomic E-state index is -1.16. The maximum absolute atomic E-state index is 13.2. The molecule has 4 amide bonds. The summed E-state index contributed by atoms with van der Waals surface area (Å²) in [5, 5.41) is -0.269. The molecular formula is C23H32ClN5O7. The third-order valence-corrected chi connectivity index (χ3v) is 5.34. The standard InChI is InChI=1S/C23H32ClN5O7/c1-22(2,3)35-20(32)29(21(33)36-23(4,5)6)16-14(18(30)34-7)25-15(24)17(26-16)28-11-10-27(19(28)31)12-13-8-9-13/h13H,8-12H2,1-7H3. The summed E-state index contributed by atoms with van der Waals surface area (Å²) >= 11 is 6.35. The Morgan fingerprint density at radius 1 is 1.00 bits per heavy atom. The molecule has 36 heavy (non-hydrogen) atoms. The van der Waals surface area contributed by atoms with E-state index in [0.29, 0.717) is 23.9 Å². The third kappa shape index (κ3) is 6.54. The zero-order valence-corrected chi connectivity index (χ0v) is 22.3. The number of aromatic nitrogens is 2. The Labute approximate surface area is 214 Å². The molecule has 0 atom stereocenters. The van der Waals surface area contributed by atoms with Crippen molar-refractivity contribution in [2.45, 2.75) is 65.6 Å². The molecule has 1 saturated carbocycles. The van der Waals surface area contributed by atoms with Gasteiger partial charge in [-0.05, 0) is 60.3 Å². The van der Waals surface area contributed by atoms with Crippen LogP contribution in [0.1, 0.15) is 64.9 Å². The molecule has 13 heteroatoms. The molecule has 0 bridgehead atoms. The van der Waals surface area contributed by atoms with Crippen LogP contribution in [0.3, 0.4) is 0 Å². The second-order valence-corrected chi connectivity index (χ2v) is 11.0. The van der Waals surface area contributed by atoms with Crippen molar-refractivity contribution in [2.75, 3.05) is 36.5 Å². The van der Waals surface area contributed by atoms with E-state index in [0.717, 1.165) is 20.0 Å². The van der Waals surface area contributed by atoms with E-state index in [1.807, 2.05) is 0 Å². The van der Waals surface area contributed by atoms with Gasteiger partial charge in [-0.15, -0.1) is 0 Å². The molecule has 0 radical (unpaired) electrons. The van der Waals surface area contributed by atoms with E-state index < -0.39 is 40.9 Å². The van der Waals surface area contributed by atoms with Gasteiger partial charge in [0.1, 0.15) is 11.2 Å². The zero-order valence-electron chi connectivity index (χ0n) is 21.6. The monoisotopic (exact) mass is 525 g/mol. The van der Waals surface area contributed by atoms with Crippen molar-refractivity contribution in [1.82, 2.24) is 14.9 Å². The number of esters is 1. The fourth-order valence-electron chi connectivity index (χ4n) is 3.38. The molecule has 2 aliphatic rings. The maximum atomic E-state index is 13.2. The Kier molecular flexibility index (Phi) is 7.68. The van der Waals surface area contributed by atoms with Crippen LogP contribution >= 0.6 is 11.6 Å². The molecule has 198 valence electrons. The average Bonchev–Trinajstić information content (AvgIpc) is 3.48. The summed E-state index contributed by atoms with van der Waals surface area (Å²) < 4.78 is 15.6. The van der Waals surface area contributed by atoms with Crippen LogP contribution in [0.25, 0.3) is 0 Å². The van der Waals surface area contributed by atoms with E-state index in [9.17, 15) is 19.2 Å². The van der Waals surface area contributed by atoms with Crippen molar-refractivity contribution in [3.8, 4) is 0 Å². The molecule has 1 saturated heterocycles. The Morgan fingerprint density at radius 3 is 2.03 bits per heavy atom. The second-order valence-electron chi connectivity index (χ2n) is 10.6. The van der Waals surface area contributed by atoms with Crippen LogP contribution in [-0.2, 0) is 14.2 Å². The van der Waals surface area contributed by atoms with Gasteiger partial charge in [0, 0.05) is 19.6 Å². The minimum Gasteiger partial charge on any atom is -0.464 e. The lowest BCUT2D eigenvalue weighted by Crippen LogP contribution is -2.45. The molecule has 0 unspecified atom stereocenters. The molecule has 1 aliphatic carbocycles. The lowest BCUT2D eigenvalue weighted by molar-refractivity contribution is 0.0428. The zero-order chi connectivity index (χ0) is 27.0. The van der Waals surface area contributed by atoms with Crippen molar-refractivity contribution in [3.63, 3.8) is 0 Å². The number of ether oxygens (including phenoxy) is 3. The number of anilines is 2. The lowest BCUT2D eigenvalue weighted by Gasteiger charge is -2.29. The van der Waals surface area contributed by atoms with Crippen molar-refractivity contribution < 1.29 is 33.4 Å². The number of halogens is 1. The first kappa shape index (κ1) is 27.4. The second kappa shape index (κ2) is 10.1. The largest absolute Gasteiger partial charge is 0.464 e. The first-order valence-corrected chi connectivity index (χ1v) is 12.0. The molecule has 1 aromatic rings. The molecule has 2 fully saturated rings. The van der Waals surface area contributed by atoms with Crippen LogP contribution in [0.4, 0.5) is 26.0 Å². The summed E-state index contributed by atoms with van der Waals surface area (Å²) in [6.07, 6.45) is -0.174. The molecule has 2 heterocycles. The van der Waals surface area contributed by atoms with Crippen LogP contribution in [0.5, 0.6) is 0 Å². The van der Waals surface area contributed by atoms with E-state index in [4.69, 9.17) is 25.8 Å². The highest BCUT2D eigenvalue weighted by atomic mass is 35.5. The van der Waals surface area contributed by atoms with Gasteiger partial charge in [0.05, 0.1) is 7.11 Å². The molecule has 0 N–H and O–H groups in total. The van der Waals surface area contributed by atoms with Crippen LogP contribution in [-0.4, -0.2) is 77.0 Å². The van der Waals surface area contributed by atoms with Gasteiger partial charge in [0.25, 0.3) is 0 Å². The fourth-order valence-corrected chi connectivity index (χ4v) is 3.61. The van der Waals surface area contributed by atoms with Gasteiger partial charge in [-0.1, -0.05) is 11.6 Å². The van der Waals surface area contributed by atoms with Crippen LogP contribution in [0, 0.1) is 5.92 Å². The number of imide groups is 1. The van der Waals surface area contributed by atoms with E-state index >= 15 is 0 Å². The van der Waals surface area contributed by atoms with Gasteiger partial charge < -0.3 is 19.1 Å². The Bertz CT molecular complexity index is 1030. The number of hydrogen-bond donors (Lipinski definition) is 0. The number of hydrogen-bond acceptors (Lipinski definition) is 9. The summed E-state index contributed by atoms with van der Waals surface area (Å²) in [6.45, 7) is 11.0. The van der Waals surface area contributed by atoms with Gasteiger partial charge in [-0.3, -0.25) is 4.90 Å². The van der Waals surface area contributed by atoms with Gasteiger partial charge in [-0.2, -0.15) is 4.90 Å². The lowest BCUT2D eigenvalue weighted by atomic mass is 10.2. The maximum Gasteiger partial charge on any atom is 0.425 e. The SMILES string of the molecule is COC(=O)c1nc(Cl)c(N2CCN(CC3CC3)C2=O)nc1N(C(=O)OC(C)(C)C)C(=O)OC(C)(C)C. The van der Waals surface area contributed by atoms with E-state index in [-0.39, 0.29) is 23.5 Å². The average molecular weight is 526 g/mol.